The first-order valence-electron chi connectivity index (χ1n) is 13.3. The summed E-state index contributed by atoms with van der Waals surface area (Å²) < 4.78 is 2.08. The summed E-state index contributed by atoms with van der Waals surface area (Å²) in [6, 6.07) is 14.2. The van der Waals surface area contributed by atoms with Crippen LogP contribution in [0.5, 0.6) is 0 Å². The predicted molar refractivity (Wildman–Crippen MR) is 159 cm³/mol. The van der Waals surface area contributed by atoms with Gasteiger partial charge in [0.1, 0.15) is 16.9 Å². The van der Waals surface area contributed by atoms with Crippen LogP contribution in [0.15, 0.2) is 59.6 Å². The van der Waals surface area contributed by atoms with Crippen LogP contribution in [-0.4, -0.2) is 37.5 Å². The number of halogens is 1. The van der Waals surface area contributed by atoms with Crippen molar-refractivity contribution in [3.63, 3.8) is 0 Å². The van der Waals surface area contributed by atoms with Gasteiger partial charge in [0.05, 0.1) is 12.1 Å². The van der Waals surface area contributed by atoms with Gasteiger partial charge in [-0.2, -0.15) is 0 Å². The fraction of sp³-hybridized carbons (Fsp3) is 0.233. The van der Waals surface area contributed by atoms with Crippen LogP contribution < -0.4 is 10.8 Å². The fourth-order valence-electron chi connectivity index (χ4n) is 5.31. The smallest absolute Gasteiger partial charge is 0.267 e. The van der Waals surface area contributed by atoms with E-state index < -0.39 is 11.9 Å². The summed E-state index contributed by atoms with van der Waals surface area (Å²) in [4.78, 5) is 31.2. The Kier molecular flexibility index (Phi) is 7.53. The lowest BCUT2D eigenvalue weighted by atomic mass is 9.91. The van der Waals surface area contributed by atoms with E-state index in [0.29, 0.717) is 16.5 Å². The number of aryl methyl sites for hydroxylation is 2. The normalized spacial score (nSPS) is 15.9. The third-order valence-electron chi connectivity index (χ3n) is 7.25. The van der Waals surface area contributed by atoms with Gasteiger partial charge in [0.15, 0.2) is 5.82 Å². The zero-order valence-corrected chi connectivity index (χ0v) is 23.8. The van der Waals surface area contributed by atoms with Crippen LogP contribution in [0.25, 0.3) is 11.1 Å². The first kappa shape index (κ1) is 27.1. The number of fused-ring (bicyclic) bond motifs is 5. The van der Waals surface area contributed by atoms with Crippen LogP contribution in [0.3, 0.4) is 0 Å². The molecule has 41 heavy (non-hydrogen) atoms. The summed E-state index contributed by atoms with van der Waals surface area (Å²) in [6.07, 6.45) is 7.19. The Bertz CT molecular complexity index is 1690. The van der Waals surface area contributed by atoms with Crippen LogP contribution in [0.1, 0.15) is 64.1 Å². The molecule has 0 unspecified atom stereocenters. The topological polar surface area (TPSA) is 122 Å². The summed E-state index contributed by atoms with van der Waals surface area (Å²) in [5, 5.41) is 22.2. The van der Waals surface area contributed by atoms with E-state index in [2.05, 4.69) is 20.1 Å². The van der Waals surface area contributed by atoms with E-state index in [1.54, 1.807) is 47.2 Å². The standard InChI is InChI=1S/C30H27ClN6O3S/c1-17-34-35-29-23(16-26(39)32-21-13-6-18(7-14-21)8-15-25(38)36-40)33-28(19-9-11-20(31)12-10-19)27-22-4-2-3-5-24(22)41-30(27)37(17)29/h6-15,23,40H,2-5,16H2,1H3,(H,32,39)(H,36,38)/b15-8+/t23-/m0/s1. The minimum absolute atomic E-state index is 0.0741. The monoisotopic (exact) mass is 586 g/mol. The number of amides is 2. The van der Waals surface area contributed by atoms with Crippen molar-refractivity contribution in [1.82, 2.24) is 20.2 Å². The highest BCUT2D eigenvalue weighted by atomic mass is 35.5. The maximum atomic E-state index is 13.3. The Morgan fingerprint density at radius 3 is 2.61 bits per heavy atom. The lowest BCUT2D eigenvalue weighted by Crippen LogP contribution is -2.17. The minimum Gasteiger partial charge on any atom is -0.326 e. The largest absolute Gasteiger partial charge is 0.326 e. The minimum atomic E-state index is -0.623. The molecule has 0 saturated heterocycles. The van der Waals surface area contributed by atoms with Crippen molar-refractivity contribution in [3.8, 4) is 5.00 Å². The highest BCUT2D eigenvalue weighted by molar-refractivity contribution is 7.15. The third kappa shape index (κ3) is 5.46. The van der Waals surface area contributed by atoms with Gasteiger partial charge in [-0.15, -0.1) is 21.5 Å². The average molecular weight is 587 g/mol. The van der Waals surface area contributed by atoms with E-state index in [4.69, 9.17) is 21.8 Å². The summed E-state index contributed by atoms with van der Waals surface area (Å²) in [5.74, 6) is 0.569. The van der Waals surface area contributed by atoms with E-state index in [1.807, 2.05) is 31.2 Å². The number of hydroxylamine groups is 1. The number of hydrogen-bond donors (Lipinski definition) is 3. The van der Waals surface area contributed by atoms with E-state index in [-0.39, 0.29) is 12.3 Å². The number of benzene rings is 2. The van der Waals surface area contributed by atoms with Crippen molar-refractivity contribution >= 4 is 52.2 Å². The molecule has 0 saturated carbocycles. The van der Waals surface area contributed by atoms with Gasteiger partial charge >= 0.3 is 0 Å². The Balaban J connectivity index is 1.35. The summed E-state index contributed by atoms with van der Waals surface area (Å²) >= 11 is 8.01. The highest BCUT2D eigenvalue weighted by Crippen LogP contribution is 2.42. The molecule has 0 bridgehead atoms. The second-order valence-electron chi connectivity index (χ2n) is 10.0. The van der Waals surface area contributed by atoms with Gasteiger partial charge < -0.3 is 5.32 Å². The number of rotatable bonds is 6. The number of aromatic nitrogens is 3. The van der Waals surface area contributed by atoms with Crippen molar-refractivity contribution in [1.29, 1.82) is 0 Å². The van der Waals surface area contributed by atoms with Crippen molar-refractivity contribution in [2.45, 2.75) is 45.1 Å². The number of nitrogens with one attached hydrogen (secondary N) is 2. The SMILES string of the molecule is Cc1nnc2n1-c1sc3c(c1C(c1ccc(Cl)cc1)=N[C@H]2CC(=O)Nc1ccc(/C=C/C(=O)NO)cc1)CCCC3. The van der Waals surface area contributed by atoms with Crippen LogP contribution in [0.2, 0.25) is 5.02 Å². The van der Waals surface area contributed by atoms with Crippen molar-refractivity contribution < 1.29 is 14.8 Å². The lowest BCUT2D eigenvalue weighted by molar-refractivity contribution is -0.124. The third-order valence-corrected chi connectivity index (χ3v) is 8.78. The molecule has 0 fully saturated rings. The molecule has 1 atom stereocenters. The van der Waals surface area contributed by atoms with Crippen LogP contribution in [0.4, 0.5) is 5.69 Å². The van der Waals surface area contributed by atoms with Gasteiger partial charge in [-0.05, 0) is 74.1 Å². The van der Waals surface area contributed by atoms with E-state index in [9.17, 15) is 9.59 Å². The molecule has 9 nitrogen and oxygen atoms in total. The van der Waals surface area contributed by atoms with Gasteiger partial charge in [0, 0.05) is 32.8 Å². The number of aliphatic imine (C=N–C) groups is 1. The van der Waals surface area contributed by atoms with Crippen LogP contribution in [-0.2, 0) is 22.4 Å². The molecule has 208 valence electrons. The molecule has 2 aromatic carbocycles. The molecule has 3 heterocycles. The van der Waals surface area contributed by atoms with Gasteiger partial charge in [-0.25, -0.2) is 5.48 Å². The molecule has 6 rings (SSSR count). The Morgan fingerprint density at radius 2 is 1.85 bits per heavy atom. The lowest BCUT2D eigenvalue weighted by Gasteiger charge is -2.16. The van der Waals surface area contributed by atoms with Gasteiger partial charge in [-0.3, -0.25) is 24.4 Å². The van der Waals surface area contributed by atoms with Gasteiger partial charge in [0.2, 0.25) is 5.91 Å². The molecule has 4 aromatic rings. The molecular formula is C30H27ClN6O3S. The summed E-state index contributed by atoms with van der Waals surface area (Å²) in [7, 11) is 0. The second-order valence-corrected chi connectivity index (χ2v) is 11.5. The number of anilines is 1. The number of carbonyl (C=O) groups excluding carboxylic acids is 2. The molecule has 1 aliphatic carbocycles. The number of carbonyl (C=O) groups is 2. The molecule has 0 spiro atoms. The molecule has 11 heteroatoms. The Hall–Kier alpha value is -4.12. The number of thiophene rings is 1. The zero-order chi connectivity index (χ0) is 28.5. The molecule has 3 N–H and O–H groups in total. The van der Waals surface area contributed by atoms with Crippen molar-refractivity contribution in [3.05, 3.63) is 98.4 Å². The Labute approximate surface area is 245 Å². The van der Waals surface area contributed by atoms with Gasteiger partial charge in [-0.1, -0.05) is 35.9 Å². The zero-order valence-electron chi connectivity index (χ0n) is 22.2. The molecule has 1 aliphatic heterocycles. The maximum absolute atomic E-state index is 13.3. The molecule has 2 amide bonds. The summed E-state index contributed by atoms with van der Waals surface area (Å²) in [5.41, 5.74) is 7.14. The fourth-order valence-corrected chi connectivity index (χ4v) is 6.89. The number of hydrogen-bond acceptors (Lipinski definition) is 7. The molecular weight excluding hydrogens is 560 g/mol. The number of nitrogens with zero attached hydrogens (tertiary/aromatic N) is 4. The molecule has 2 aliphatic rings. The van der Waals surface area contributed by atoms with Gasteiger partial charge in [0.25, 0.3) is 5.91 Å². The predicted octanol–water partition coefficient (Wildman–Crippen LogP) is 5.61. The van der Waals surface area contributed by atoms with Crippen molar-refractivity contribution in [2.24, 2.45) is 4.99 Å². The average Bonchev–Trinajstić information content (AvgIpc) is 3.51. The maximum Gasteiger partial charge on any atom is 0.267 e. The highest BCUT2D eigenvalue weighted by Gasteiger charge is 2.34. The van der Waals surface area contributed by atoms with Crippen LogP contribution >= 0.6 is 22.9 Å². The first-order valence-corrected chi connectivity index (χ1v) is 14.5. The Morgan fingerprint density at radius 1 is 1.10 bits per heavy atom. The summed E-state index contributed by atoms with van der Waals surface area (Å²) in [6.45, 7) is 1.93. The van der Waals surface area contributed by atoms with Crippen LogP contribution in [0, 0.1) is 6.92 Å². The van der Waals surface area contributed by atoms with E-state index in [0.717, 1.165) is 52.5 Å². The first-order chi connectivity index (χ1) is 19.9. The quantitative estimate of drug-likeness (QED) is 0.154. The molecule has 0 radical (unpaired) electrons. The van der Waals surface area contributed by atoms with Crippen molar-refractivity contribution in [2.75, 3.05) is 5.32 Å². The molecule has 2 aromatic heterocycles. The van der Waals surface area contributed by atoms with E-state index >= 15 is 0 Å². The van der Waals surface area contributed by atoms with E-state index in [1.165, 1.54) is 22.9 Å². The second kappa shape index (κ2) is 11.4.